The molecule has 0 aromatic heterocycles. The van der Waals surface area contributed by atoms with Gasteiger partial charge in [-0.05, 0) is 48.0 Å². The predicted molar refractivity (Wildman–Crippen MR) is 160 cm³/mol. The quantitative estimate of drug-likeness (QED) is 0.143. The highest BCUT2D eigenvalue weighted by molar-refractivity contribution is 9.24. The summed E-state index contributed by atoms with van der Waals surface area (Å²) in [6, 6.07) is 35.6. The number of hydrogen-bond donors (Lipinski definition) is 2. The highest BCUT2D eigenvalue weighted by Gasteiger charge is 2.42. The van der Waals surface area contributed by atoms with Crippen molar-refractivity contribution in [1.29, 1.82) is 0 Å². The molecule has 5 rings (SSSR count). The van der Waals surface area contributed by atoms with Crippen LogP contribution < -0.4 is 0 Å². The lowest BCUT2D eigenvalue weighted by Crippen LogP contribution is -2.50. The first-order valence-electron chi connectivity index (χ1n) is 12.3. The van der Waals surface area contributed by atoms with Crippen molar-refractivity contribution >= 4 is 53.4 Å². The maximum Gasteiger partial charge on any atom is 0.171 e. The molecule has 0 saturated heterocycles. The Balaban J connectivity index is 1.59. The number of phenolic OH excluding ortho intramolecular Hbond substituents is 1. The molecule has 0 aliphatic heterocycles. The van der Waals surface area contributed by atoms with E-state index in [2.05, 4.69) is 57.0 Å². The van der Waals surface area contributed by atoms with Crippen molar-refractivity contribution in [3.05, 3.63) is 126 Å². The number of nitrogens with zero attached hydrogens (tertiary/aromatic N) is 1. The Morgan fingerprint density at radius 1 is 0.730 bits per heavy atom. The van der Waals surface area contributed by atoms with Crippen LogP contribution in [0.15, 0.2) is 109 Å². The van der Waals surface area contributed by atoms with Crippen molar-refractivity contribution in [1.82, 2.24) is 4.90 Å². The zero-order valence-corrected chi connectivity index (χ0v) is 23.9. The number of alkyl halides is 2. The number of benzene rings is 5. The van der Waals surface area contributed by atoms with Crippen molar-refractivity contribution in [2.45, 2.75) is 28.3 Å². The minimum Gasteiger partial charge on any atom is -0.508 e. The minimum atomic E-state index is -1.39. The Morgan fingerprint density at radius 3 is 2.00 bits per heavy atom. The summed E-state index contributed by atoms with van der Waals surface area (Å²) in [6.45, 7) is 2.10. The Labute approximate surface area is 234 Å². The van der Waals surface area contributed by atoms with Crippen LogP contribution in [0, 0.1) is 0 Å². The average Bonchev–Trinajstić information content (AvgIpc) is 2.91. The first kappa shape index (κ1) is 25.9. The van der Waals surface area contributed by atoms with Crippen LogP contribution in [0.4, 0.5) is 0 Å². The lowest BCUT2D eigenvalue weighted by molar-refractivity contribution is -0.0856. The molecule has 5 aromatic rings. The molecule has 0 aliphatic carbocycles. The summed E-state index contributed by atoms with van der Waals surface area (Å²) >= 11 is 7.80. The second kappa shape index (κ2) is 10.2. The molecule has 0 radical (unpaired) electrons. The molecule has 188 valence electrons. The second-order valence-corrected chi connectivity index (χ2v) is 13.4. The van der Waals surface area contributed by atoms with Gasteiger partial charge in [0, 0.05) is 22.7 Å². The molecule has 0 spiro atoms. The number of aromatic hydroxyl groups is 1. The third-order valence-corrected chi connectivity index (χ3v) is 8.78. The van der Waals surface area contributed by atoms with Gasteiger partial charge < -0.3 is 10.2 Å². The Hall–Kier alpha value is -2.70. The largest absolute Gasteiger partial charge is 0.508 e. The highest BCUT2D eigenvalue weighted by Crippen LogP contribution is 2.50. The van der Waals surface area contributed by atoms with Crippen LogP contribution in [-0.2, 0) is 8.96 Å². The van der Waals surface area contributed by atoms with E-state index in [9.17, 15) is 10.2 Å². The monoisotopic (exact) mass is 617 g/mol. The molecule has 0 bridgehead atoms. The minimum absolute atomic E-state index is 0.124. The van der Waals surface area contributed by atoms with Gasteiger partial charge >= 0.3 is 0 Å². The fourth-order valence-corrected chi connectivity index (χ4v) is 7.09. The fraction of sp³-hybridized carbons (Fsp3) is 0.188. The van der Waals surface area contributed by atoms with E-state index in [1.54, 1.807) is 6.07 Å². The lowest BCUT2D eigenvalue weighted by atomic mass is 9.87. The SMILES string of the molecule is CC(CC(Br)(Br)c1c(O)ccc2ccccc12)N(C)C(O)(c1ccccc1)c1cccc2ccccc12. The van der Waals surface area contributed by atoms with Gasteiger partial charge in [0.15, 0.2) is 5.72 Å². The molecule has 5 heteroatoms. The molecule has 0 heterocycles. The molecule has 5 aromatic carbocycles. The Kier molecular flexibility index (Phi) is 7.16. The predicted octanol–water partition coefficient (Wildman–Crippen LogP) is 8.25. The summed E-state index contributed by atoms with van der Waals surface area (Å²) in [5.41, 5.74) is 1.01. The van der Waals surface area contributed by atoms with E-state index < -0.39 is 8.96 Å². The number of phenols is 1. The summed E-state index contributed by atoms with van der Waals surface area (Å²) in [5.74, 6) is 0.217. The van der Waals surface area contributed by atoms with E-state index in [-0.39, 0.29) is 11.8 Å². The summed E-state index contributed by atoms with van der Waals surface area (Å²) in [4.78, 5) is 2.02. The van der Waals surface area contributed by atoms with Gasteiger partial charge in [-0.25, -0.2) is 0 Å². The van der Waals surface area contributed by atoms with Gasteiger partial charge in [0.05, 0.1) is 0 Å². The molecule has 2 unspecified atom stereocenters. The number of hydrogen-bond acceptors (Lipinski definition) is 3. The van der Waals surface area contributed by atoms with Gasteiger partial charge in [-0.3, -0.25) is 4.90 Å². The van der Waals surface area contributed by atoms with Crippen molar-refractivity contribution in [3.63, 3.8) is 0 Å². The zero-order chi connectivity index (χ0) is 26.2. The van der Waals surface area contributed by atoms with E-state index in [0.717, 1.165) is 38.2 Å². The second-order valence-electron chi connectivity index (χ2n) is 9.61. The molecule has 37 heavy (non-hydrogen) atoms. The van der Waals surface area contributed by atoms with E-state index in [4.69, 9.17) is 0 Å². The van der Waals surface area contributed by atoms with Crippen LogP contribution in [0.3, 0.4) is 0 Å². The zero-order valence-electron chi connectivity index (χ0n) is 20.8. The van der Waals surface area contributed by atoms with E-state index >= 15 is 0 Å². The van der Waals surface area contributed by atoms with Gasteiger partial charge in [-0.1, -0.05) is 135 Å². The molecule has 0 aliphatic rings. The maximum absolute atomic E-state index is 12.6. The van der Waals surface area contributed by atoms with Gasteiger partial charge in [0.25, 0.3) is 0 Å². The topological polar surface area (TPSA) is 43.7 Å². The first-order valence-corrected chi connectivity index (χ1v) is 13.9. The molecule has 2 atom stereocenters. The Bertz CT molecular complexity index is 1550. The van der Waals surface area contributed by atoms with Crippen molar-refractivity contribution in [2.24, 2.45) is 0 Å². The third kappa shape index (κ3) is 4.70. The lowest BCUT2D eigenvalue weighted by Gasteiger charge is -2.43. The standard InChI is InChI=1S/C32H29Br2NO2/c1-22(21-31(33,34)30-27-17-9-7-12-24(27)19-20-29(30)36)35(2)32(37,25-14-4-3-5-15-25)28-18-10-13-23-11-6-8-16-26(23)28/h3-20,22,36-37H,21H2,1-2H3. The van der Waals surface area contributed by atoms with Gasteiger partial charge in [0.2, 0.25) is 0 Å². The van der Waals surface area contributed by atoms with E-state index in [1.807, 2.05) is 96.9 Å². The molecule has 0 saturated carbocycles. The molecule has 0 amide bonds. The highest BCUT2D eigenvalue weighted by atomic mass is 79.9. The number of halogens is 2. The number of aliphatic hydroxyl groups is 1. The fourth-order valence-electron chi connectivity index (χ4n) is 5.32. The summed E-state index contributed by atoms with van der Waals surface area (Å²) in [7, 11) is 1.96. The van der Waals surface area contributed by atoms with Gasteiger partial charge in [-0.15, -0.1) is 0 Å². The first-order chi connectivity index (χ1) is 17.7. The van der Waals surface area contributed by atoms with Crippen molar-refractivity contribution in [2.75, 3.05) is 7.05 Å². The summed E-state index contributed by atoms with van der Waals surface area (Å²) in [6.07, 6.45) is 0.560. The van der Waals surface area contributed by atoms with Crippen LogP contribution in [0.2, 0.25) is 0 Å². The smallest absolute Gasteiger partial charge is 0.171 e. The molecular weight excluding hydrogens is 590 g/mol. The third-order valence-electron chi connectivity index (χ3n) is 7.34. The summed E-state index contributed by atoms with van der Waals surface area (Å²) < 4.78 is -0.727. The van der Waals surface area contributed by atoms with Crippen LogP contribution in [0.5, 0.6) is 5.75 Å². The van der Waals surface area contributed by atoms with Crippen molar-refractivity contribution < 1.29 is 10.2 Å². The van der Waals surface area contributed by atoms with Gasteiger partial charge in [-0.2, -0.15) is 0 Å². The van der Waals surface area contributed by atoms with Crippen LogP contribution in [0.1, 0.15) is 30.0 Å². The van der Waals surface area contributed by atoms with E-state index in [0.29, 0.717) is 6.42 Å². The molecule has 2 N–H and O–H groups in total. The molecule has 3 nitrogen and oxygen atoms in total. The van der Waals surface area contributed by atoms with Crippen LogP contribution in [-0.4, -0.2) is 28.2 Å². The van der Waals surface area contributed by atoms with Crippen LogP contribution >= 0.6 is 31.9 Å². The average molecular weight is 619 g/mol. The normalized spacial score (nSPS) is 14.6. The Morgan fingerprint density at radius 2 is 1.30 bits per heavy atom. The number of fused-ring (bicyclic) bond motifs is 2. The van der Waals surface area contributed by atoms with E-state index in [1.165, 1.54) is 0 Å². The molecular formula is C32H29Br2NO2. The van der Waals surface area contributed by atoms with Crippen LogP contribution in [0.25, 0.3) is 21.5 Å². The maximum atomic E-state index is 12.6. The summed E-state index contributed by atoms with van der Waals surface area (Å²) in [5, 5.41) is 27.6. The van der Waals surface area contributed by atoms with Crippen molar-refractivity contribution in [3.8, 4) is 5.75 Å². The molecule has 0 fully saturated rings. The van der Waals surface area contributed by atoms with Gasteiger partial charge in [0.1, 0.15) is 8.98 Å². The number of rotatable bonds is 7.